The summed E-state index contributed by atoms with van der Waals surface area (Å²) >= 11 is 1.74. The van der Waals surface area contributed by atoms with Crippen LogP contribution >= 0.6 is 11.8 Å². The lowest BCUT2D eigenvalue weighted by Gasteiger charge is -2.16. The fraction of sp³-hybridized carbons (Fsp3) is 0.462. The first kappa shape index (κ1) is 14.1. The predicted molar refractivity (Wildman–Crippen MR) is 74.2 cm³/mol. The van der Waals surface area contributed by atoms with Crippen molar-refractivity contribution < 1.29 is 4.79 Å². The first-order valence-electron chi connectivity index (χ1n) is 5.74. The fourth-order valence-electron chi connectivity index (χ4n) is 1.53. The number of hydrogen-bond donors (Lipinski definition) is 2. The molecule has 0 aliphatic carbocycles. The highest BCUT2D eigenvalue weighted by Crippen LogP contribution is 2.14. The van der Waals surface area contributed by atoms with E-state index >= 15 is 0 Å². The Labute approximate surface area is 107 Å². The second-order valence-corrected chi connectivity index (χ2v) is 5.27. The zero-order chi connectivity index (χ0) is 12.7. The summed E-state index contributed by atoms with van der Waals surface area (Å²) in [6, 6.07) is 9.67. The molecule has 0 fully saturated rings. The molecule has 0 saturated heterocycles. The molecule has 0 spiro atoms. The number of nitrogens with two attached hydrogens (primary N) is 1. The first-order chi connectivity index (χ1) is 8.19. The van der Waals surface area contributed by atoms with Crippen LogP contribution in [-0.2, 0) is 4.79 Å². The van der Waals surface area contributed by atoms with Crippen molar-refractivity contribution in [1.29, 1.82) is 0 Å². The Hall–Kier alpha value is -1.00. The molecule has 94 valence electrons. The molecule has 0 bridgehead atoms. The van der Waals surface area contributed by atoms with Crippen LogP contribution < -0.4 is 11.1 Å². The molecule has 1 aromatic carbocycles. The Bertz CT molecular complexity index is 343. The second kappa shape index (κ2) is 7.35. The molecule has 0 radical (unpaired) electrons. The fourth-order valence-corrected chi connectivity index (χ4v) is 1.78. The van der Waals surface area contributed by atoms with Crippen molar-refractivity contribution in [2.75, 3.05) is 19.3 Å². The molecule has 3 nitrogen and oxygen atoms in total. The van der Waals surface area contributed by atoms with E-state index < -0.39 is 0 Å². The van der Waals surface area contributed by atoms with Crippen LogP contribution in [0.1, 0.15) is 18.4 Å². The minimum Gasteiger partial charge on any atom is -0.354 e. The van der Waals surface area contributed by atoms with Crippen molar-refractivity contribution in [1.82, 2.24) is 5.32 Å². The lowest BCUT2D eigenvalue weighted by molar-refractivity contribution is -0.122. The topological polar surface area (TPSA) is 55.1 Å². The number of benzene rings is 1. The second-order valence-electron chi connectivity index (χ2n) is 3.99. The summed E-state index contributed by atoms with van der Waals surface area (Å²) in [5.41, 5.74) is 6.65. The van der Waals surface area contributed by atoms with E-state index in [0.717, 1.165) is 5.56 Å². The molecule has 1 amide bonds. The van der Waals surface area contributed by atoms with E-state index in [1.807, 2.05) is 36.6 Å². The summed E-state index contributed by atoms with van der Waals surface area (Å²) in [7, 11) is 0. The minimum atomic E-state index is -0.245. The summed E-state index contributed by atoms with van der Waals surface area (Å²) in [5.74, 6) is -0.232. The third-order valence-electron chi connectivity index (χ3n) is 2.72. The lowest BCUT2D eigenvalue weighted by atomic mass is 9.98. The Balaban J connectivity index is 2.59. The van der Waals surface area contributed by atoms with Gasteiger partial charge in [0.25, 0.3) is 0 Å². The van der Waals surface area contributed by atoms with E-state index in [4.69, 9.17) is 5.73 Å². The molecular formula is C13H20N2OS. The number of carbonyl (C=O) groups excluding carboxylic acids is 1. The highest BCUT2D eigenvalue weighted by molar-refractivity contribution is 7.99. The van der Waals surface area contributed by atoms with E-state index in [0.29, 0.717) is 18.3 Å². The largest absolute Gasteiger partial charge is 0.354 e. The number of thioether (sulfide) groups is 1. The van der Waals surface area contributed by atoms with Gasteiger partial charge >= 0.3 is 0 Å². The van der Waals surface area contributed by atoms with Gasteiger partial charge in [-0.2, -0.15) is 11.8 Å². The first-order valence-corrected chi connectivity index (χ1v) is 7.03. The molecule has 0 aromatic heterocycles. The van der Waals surface area contributed by atoms with Gasteiger partial charge in [-0.05, 0) is 11.8 Å². The standard InChI is InChI=1S/C13H20N2OS/c1-10(17-2)9-15-13(16)12(8-14)11-6-4-3-5-7-11/h3-7,10,12H,8-9,14H2,1-2H3,(H,15,16). The van der Waals surface area contributed by atoms with E-state index in [-0.39, 0.29) is 11.8 Å². The highest BCUT2D eigenvalue weighted by atomic mass is 32.2. The molecule has 0 saturated carbocycles. The Morgan fingerprint density at radius 3 is 2.59 bits per heavy atom. The van der Waals surface area contributed by atoms with E-state index in [9.17, 15) is 4.79 Å². The molecule has 1 rings (SSSR count). The SMILES string of the molecule is CSC(C)CNC(=O)C(CN)c1ccccc1. The van der Waals surface area contributed by atoms with Crippen LogP contribution in [0.25, 0.3) is 0 Å². The summed E-state index contributed by atoms with van der Waals surface area (Å²) in [6.45, 7) is 3.11. The van der Waals surface area contributed by atoms with Crippen LogP contribution in [0.5, 0.6) is 0 Å². The molecule has 1 aromatic rings. The average Bonchev–Trinajstić information content (AvgIpc) is 2.38. The van der Waals surface area contributed by atoms with Gasteiger partial charge in [0.05, 0.1) is 5.92 Å². The minimum absolute atomic E-state index is 0.0135. The maximum atomic E-state index is 12.0. The van der Waals surface area contributed by atoms with Crippen LogP contribution in [0.2, 0.25) is 0 Å². The zero-order valence-electron chi connectivity index (χ0n) is 10.3. The predicted octanol–water partition coefficient (Wildman–Crippen LogP) is 1.60. The Morgan fingerprint density at radius 1 is 1.41 bits per heavy atom. The molecule has 0 aliphatic heterocycles. The van der Waals surface area contributed by atoms with Crippen LogP contribution in [0, 0.1) is 0 Å². The van der Waals surface area contributed by atoms with Crippen molar-refractivity contribution in [2.45, 2.75) is 18.1 Å². The highest BCUT2D eigenvalue weighted by Gasteiger charge is 2.18. The number of nitrogens with one attached hydrogen (secondary N) is 1. The van der Waals surface area contributed by atoms with Gasteiger partial charge in [-0.1, -0.05) is 37.3 Å². The van der Waals surface area contributed by atoms with Crippen LogP contribution in [0.3, 0.4) is 0 Å². The van der Waals surface area contributed by atoms with Gasteiger partial charge in [0.2, 0.25) is 5.91 Å². The Kier molecular flexibility index (Phi) is 6.08. The molecule has 17 heavy (non-hydrogen) atoms. The maximum absolute atomic E-state index is 12.0. The molecular weight excluding hydrogens is 232 g/mol. The summed E-state index contributed by atoms with van der Waals surface area (Å²) in [6.07, 6.45) is 2.04. The van der Waals surface area contributed by atoms with Crippen LogP contribution in [0.4, 0.5) is 0 Å². The summed E-state index contributed by atoms with van der Waals surface area (Å²) < 4.78 is 0. The zero-order valence-corrected chi connectivity index (χ0v) is 11.2. The quantitative estimate of drug-likeness (QED) is 0.808. The van der Waals surface area contributed by atoms with E-state index in [1.54, 1.807) is 11.8 Å². The van der Waals surface area contributed by atoms with Gasteiger partial charge < -0.3 is 11.1 Å². The van der Waals surface area contributed by atoms with Crippen molar-refractivity contribution >= 4 is 17.7 Å². The van der Waals surface area contributed by atoms with Crippen molar-refractivity contribution in [3.05, 3.63) is 35.9 Å². The van der Waals surface area contributed by atoms with E-state index in [2.05, 4.69) is 12.2 Å². The smallest absolute Gasteiger partial charge is 0.228 e. The lowest BCUT2D eigenvalue weighted by Crippen LogP contribution is -2.36. The third-order valence-corrected chi connectivity index (χ3v) is 3.69. The normalized spacial score (nSPS) is 14.1. The maximum Gasteiger partial charge on any atom is 0.228 e. The molecule has 0 heterocycles. The number of rotatable bonds is 6. The van der Waals surface area contributed by atoms with Crippen molar-refractivity contribution in [3.8, 4) is 0 Å². The average molecular weight is 252 g/mol. The van der Waals surface area contributed by atoms with E-state index in [1.165, 1.54) is 0 Å². The number of hydrogen-bond acceptors (Lipinski definition) is 3. The Morgan fingerprint density at radius 2 is 2.06 bits per heavy atom. The number of amides is 1. The van der Waals surface area contributed by atoms with Gasteiger partial charge in [0.1, 0.15) is 0 Å². The third kappa shape index (κ3) is 4.40. The van der Waals surface area contributed by atoms with Gasteiger partial charge in [0, 0.05) is 18.3 Å². The van der Waals surface area contributed by atoms with Gasteiger partial charge in [-0.3, -0.25) is 4.79 Å². The monoisotopic (exact) mass is 252 g/mol. The molecule has 0 aliphatic rings. The van der Waals surface area contributed by atoms with Crippen molar-refractivity contribution in [3.63, 3.8) is 0 Å². The molecule has 4 heteroatoms. The summed E-state index contributed by atoms with van der Waals surface area (Å²) in [4.78, 5) is 12.0. The summed E-state index contributed by atoms with van der Waals surface area (Å²) in [5, 5.41) is 3.37. The van der Waals surface area contributed by atoms with Gasteiger partial charge in [0.15, 0.2) is 0 Å². The van der Waals surface area contributed by atoms with Crippen molar-refractivity contribution in [2.24, 2.45) is 5.73 Å². The van der Waals surface area contributed by atoms with Crippen LogP contribution in [0.15, 0.2) is 30.3 Å². The molecule has 2 atom stereocenters. The van der Waals surface area contributed by atoms with Gasteiger partial charge in [-0.15, -0.1) is 0 Å². The molecule has 3 N–H and O–H groups in total. The van der Waals surface area contributed by atoms with Crippen LogP contribution in [-0.4, -0.2) is 30.5 Å². The molecule has 2 unspecified atom stereocenters. The number of carbonyl (C=O) groups is 1. The van der Waals surface area contributed by atoms with Gasteiger partial charge in [-0.25, -0.2) is 0 Å².